The summed E-state index contributed by atoms with van der Waals surface area (Å²) < 4.78 is 18.3. The predicted octanol–water partition coefficient (Wildman–Crippen LogP) is 3.78. The van der Waals surface area contributed by atoms with E-state index in [4.69, 9.17) is 24.0 Å². The van der Waals surface area contributed by atoms with Crippen LogP contribution in [0.3, 0.4) is 0 Å². The summed E-state index contributed by atoms with van der Waals surface area (Å²) in [6.45, 7) is 12.2. The lowest BCUT2D eigenvalue weighted by atomic mass is 9.50. The van der Waals surface area contributed by atoms with Crippen molar-refractivity contribution in [3.63, 3.8) is 0 Å². The molecule has 0 radical (unpaired) electrons. The van der Waals surface area contributed by atoms with E-state index >= 15 is 0 Å². The van der Waals surface area contributed by atoms with E-state index in [1.807, 2.05) is 20.8 Å². The molecule has 1 saturated carbocycles. The van der Waals surface area contributed by atoms with Gasteiger partial charge in [0, 0.05) is 17.8 Å². The molecular formula is C20H32O6. The molecular weight excluding hydrogens is 336 g/mol. The van der Waals surface area contributed by atoms with Crippen LogP contribution in [-0.2, 0) is 28.8 Å². The van der Waals surface area contributed by atoms with E-state index in [1.165, 1.54) is 0 Å². The lowest BCUT2D eigenvalue weighted by molar-refractivity contribution is -0.586. The topological polar surface area (TPSA) is 63.2 Å². The molecule has 0 N–H and O–H groups in total. The van der Waals surface area contributed by atoms with Crippen molar-refractivity contribution in [2.45, 2.75) is 91.2 Å². The molecule has 6 nitrogen and oxygen atoms in total. The highest BCUT2D eigenvalue weighted by Gasteiger charge is 2.74. The van der Waals surface area contributed by atoms with Crippen molar-refractivity contribution in [2.24, 2.45) is 29.1 Å². The molecule has 4 heterocycles. The molecule has 0 aromatic heterocycles. The van der Waals surface area contributed by atoms with E-state index in [9.17, 15) is 4.79 Å². The van der Waals surface area contributed by atoms with Gasteiger partial charge in [0.2, 0.25) is 12.1 Å². The molecule has 26 heavy (non-hydrogen) atoms. The van der Waals surface area contributed by atoms with Crippen LogP contribution in [0.1, 0.15) is 67.2 Å². The first kappa shape index (κ1) is 18.7. The lowest BCUT2D eigenvalue weighted by Gasteiger charge is -2.65. The van der Waals surface area contributed by atoms with Gasteiger partial charge in [0.25, 0.3) is 0 Å². The summed E-state index contributed by atoms with van der Waals surface area (Å²) in [6.07, 6.45) is 2.60. The fraction of sp³-hybridized carbons (Fsp3) is 0.950. The van der Waals surface area contributed by atoms with Crippen molar-refractivity contribution in [1.29, 1.82) is 0 Å². The minimum Gasteiger partial charge on any atom is -0.435 e. The Labute approximate surface area is 155 Å². The molecule has 1 spiro atoms. The van der Waals surface area contributed by atoms with E-state index in [0.29, 0.717) is 11.8 Å². The summed E-state index contributed by atoms with van der Waals surface area (Å²) in [4.78, 5) is 24.2. The van der Waals surface area contributed by atoms with Crippen LogP contribution in [-0.4, -0.2) is 29.9 Å². The molecule has 0 aromatic carbocycles. The maximum absolute atomic E-state index is 12.2. The number of ether oxygens (including phenoxy) is 3. The second kappa shape index (κ2) is 5.90. The molecule has 4 saturated heterocycles. The van der Waals surface area contributed by atoms with Crippen LogP contribution in [0.15, 0.2) is 0 Å². The zero-order chi connectivity index (χ0) is 18.9. The minimum atomic E-state index is -0.818. The Bertz CT molecular complexity index is 593. The summed E-state index contributed by atoms with van der Waals surface area (Å²) in [6, 6.07) is 0. The molecule has 2 bridgehead atoms. The maximum Gasteiger partial charge on any atom is 0.310 e. The number of hydrogen-bond donors (Lipinski definition) is 0. The predicted molar refractivity (Wildman–Crippen MR) is 92.4 cm³/mol. The van der Waals surface area contributed by atoms with Gasteiger partial charge in [-0.1, -0.05) is 34.6 Å². The van der Waals surface area contributed by atoms with Crippen LogP contribution < -0.4 is 0 Å². The zero-order valence-electron chi connectivity index (χ0n) is 16.7. The number of carbonyl (C=O) groups is 1. The van der Waals surface area contributed by atoms with Gasteiger partial charge in [0.15, 0.2) is 11.9 Å². The van der Waals surface area contributed by atoms with E-state index in [1.54, 1.807) is 0 Å². The van der Waals surface area contributed by atoms with Crippen LogP contribution in [0.5, 0.6) is 0 Å². The number of fused-ring (bicyclic) bond motifs is 2. The molecule has 5 aliphatic rings. The van der Waals surface area contributed by atoms with E-state index < -0.39 is 24.0 Å². The first-order chi connectivity index (χ1) is 12.1. The number of rotatable bonds is 2. The summed E-state index contributed by atoms with van der Waals surface area (Å²) in [5.74, 6) is -0.489. The molecule has 0 amide bonds. The molecule has 148 valence electrons. The molecule has 1 aliphatic carbocycles. The largest absolute Gasteiger partial charge is 0.435 e. The van der Waals surface area contributed by atoms with Crippen molar-refractivity contribution >= 4 is 5.97 Å². The monoisotopic (exact) mass is 368 g/mol. The second-order valence-corrected chi connectivity index (χ2v) is 9.51. The highest BCUT2D eigenvalue weighted by Crippen LogP contribution is 2.66. The van der Waals surface area contributed by atoms with Gasteiger partial charge in [0.05, 0.1) is 5.92 Å². The number of esters is 1. The molecule has 6 heteroatoms. The Balaban J connectivity index is 1.75. The molecule has 5 fully saturated rings. The summed E-state index contributed by atoms with van der Waals surface area (Å²) in [7, 11) is 0. The van der Waals surface area contributed by atoms with E-state index in [2.05, 4.69) is 20.8 Å². The van der Waals surface area contributed by atoms with E-state index in [-0.39, 0.29) is 23.2 Å². The van der Waals surface area contributed by atoms with Crippen molar-refractivity contribution in [2.75, 3.05) is 0 Å². The van der Waals surface area contributed by atoms with Gasteiger partial charge in [-0.05, 0) is 38.0 Å². The van der Waals surface area contributed by atoms with Crippen LogP contribution in [0.4, 0.5) is 0 Å². The molecule has 4 aliphatic heterocycles. The highest BCUT2D eigenvalue weighted by molar-refractivity contribution is 5.71. The van der Waals surface area contributed by atoms with Crippen molar-refractivity contribution in [3.05, 3.63) is 0 Å². The Kier molecular flexibility index (Phi) is 4.24. The Morgan fingerprint density at radius 2 is 1.85 bits per heavy atom. The van der Waals surface area contributed by atoms with Gasteiger partial charge in [0.1, 0.15) is 0 Å². The third-order valence-electron chi connectivity index (χ3n) is 7.60. The first-order valence-corrected chi connectivity index (χ1v) is 10.0. The van der Waals surface area contributed by atoms with E-state index in [0.717, 1.165) is 25.7 Å². The average molecular weight is 368 g/mol. The lowest BCUT2D eigenvalue weighted by Crippen LogP contribution is -2.74. The van der Waals surface area contributed by atoms with Crippen LogP contribution in [0.25, 0.3) is 0 Å². The first-order valence-electron chi connectivity index (χ1n) is 10.0. The van der Waals surface area contributed by atoms with Gasteiger partial charge in [-0.2, -0.15) is 0 Å². The van der Waals surface area contributed by atoms with Crippen molar-refractivity contribution in [1.82, 2.24) is 0 Å². The summed E-state index contributed by atoms with van der Waals surface area (Å²) in [5, 5.41) is 0. The van der Waals surface area contributed by atoms with Gasteiger partial charge >= 0.3 is 5.97 Å². The normalized spacial score (nSPS) is 53.1. The number of hydrogen-bond acceptors (Lipinski definition) is 6. The number of carbonyl (C=O) groups excluding carboxylic acids is 1. The fourth-order valence-electron chi connectivity index (χ4n) is 5.55. The second-order valence-electron chi connectivity index (χ2n) is 9.51. The maximum atomic E-state index is 12.2. The Morgan fingerprint density at radius 3 is 2.54 bits per heavy atom. The van der Waals surface area contributed by atoms with Crippen LogP contribution in [0, 0.1) is 29.1 Å². The Morgan fingerprint density at radius 1 is 1.12 bits per heavy atom. The standard InChI is InChI=1S/C20H32O6/c1-11(2)15(21)22-16-13(4)18(5)9-7-12(3)14-8-10-19(6)24-17(23-16)20(14,18)26-25-19/h11-14,16-17H,7-10H2,1-6H3/t12-,13+,14+,16?,17-,18+,19-,20+/m1/s1. The smallest absolute Gasteiger partial charge is 0.310 e. The van der Waals surface area contributed by atoms with Gasteiger partial charge < -0.3 is 14.2 Å². The molecule has 1 unspecified atom stereocenters. The SMILES string of the molecule is CC(C)C(=O)OC1O[C@@H]2O[C@@]3(C)CC[C@H]4[C@H](C)CC[C@@](C)([C@H]1C)[C@@]24OO3. The fourth-order valence-corrected chi connectivity index (χ4v) is 5.55. The molecule has 0 aromatic rings. The van der Waals surface area contributed by atoms with Gasteiger partial charge in [-0.3, -0.25) is 4.79 Å². The quantitative estimate of drug-likeness (QED) is 0.546. The summed E-state index contributed by atoms with van der Waals surface area (Å²) >= 11 is 0. The zero-order valence-corrected chi connectivity index (χ0v) is 16.7. The minimum absolute atomic E-state index is 0.0221. The van der Waals surface area contributed by atoms with Crippen molar-refractivity contribution < 1.29 is 28.8 Å². The average Bonchev–Trinajstić information content (AvgIpc) is 2.81. The third-order valence-corrected chi connectivity index (χ3v) is 7.60. The highest BCUT2D eigenvalue weighted by atomic mass is 17.3. The molecule has 8 atom stereocenters. The Hall–Kier alpha value is -0.690. The van der Waals surface area contributed by atoms with Gasteiger partial charge in [-0.25, -0.2) is 9.78 Å². The third kappa shape index (κ3) is 2.35. The molecule has 5 rings (SSSR count). The van der Waals surface area contributed by atoms with Crippen LogP contribution in [0.2, 0.25) is 0 Å². The van der Waals surface area contributed by atoms with Crippen molar-refractivity contribution in [3.8, 4) is 0 Å². The van der Waals surface area contributed by atoms with Crippen LogP contribution >= 0.6 is 0 Å². The summed E-state index contributed by atoms with van der Waals surface area (Å²) in [5.41, 5.74) is -0.929. The van der Waals surface area contributed by atoms with Gasteiger partial charge in [-0.15, -0.1) is 0 Å².